The number of hydrogen-bond acceptors (Lipinski definition) is 8. The fourth-order valence-corrected chi connectivity index (χ4v) is 4.46. The first-order chi connectivity index (χ1) is 14.0. The van der Waals surface area contributed by atoms with Crippen molar-refractivity contribution >= 4 is 43.3 Å². The molecule has 0 unspecified atom stereocenters. The molecule has 1 heterocycles. The predicted molar refractivity (Wildman–Crippen MR) is 114 cm³/mol. The average Bonchev–Trinajstić information content (AvgIpc) is 2.95. The van der Waals surface area contributed by atoms with Crippen LogP contribution in [-0.2, 0) is 20.2 Å². The smallest absolute Gasteiger partial charge is 0.345 e. The van der Waals surface area contributed by atoms with Gasteiger partial charge in [-0.2, -0.15) is 8.42 Å². The van der Waals surface area contributed by atoms with Crippen molar-refractivity contribution in [3.8, 4) is 5.75 Å². The van der Waals surface area contributed by atoms with Gasteiger partial charge in [0.1, 0.15) is 4.90 Å². The van der Waals surface area contributed by atoms with E-state index in [1.54, 1.807) is 0 Å². The molecular formula is C17H20N6O5S2. The number of aliphatic imine (C=N–C) groups is 1. The number of phenolic OH excluding ortho intramolecular Hbond substituents is 1. The summed E-state index contributed by atoms with van der Waals surface area (Å²) < 4.78 is 53.2. The Labute approximate surface area is 173 Å². The SMILES string of the molecule is CC[C@@H](N=C1NS(=O)(=O)N=C1Nc1ccc(N)c(S(N)(=O)=O)c1O)c1ccccc1. The van der Waals surface area contributed by atoms with Crippen LogP contribution in [0.15, 0.2) is 56.8 Å². The van der Waals surface area contributed by atoms with Crippen LogP contribution >= 0.6 is 0 Å². The van der Waals surface area contributed by atoms with Crippen molar-refractivity contribution in [2.45, 2.75) is 24.3 Å². The van der Waals surface area contributed by atoms with Crippen LogP contribution in [0, 0.1) is 0 Å². The molecule has 1 aliphatic rings. The molecular weight excluding hydrogens is 432 g/mol. The maximum Gasteiger partial charge on any atom is 0.345 e. The predicted octanol–water partition coefficient (Wildman–Crippen LogP) is 0.830. The molecule has 11 nitrogen and oxygen atoms in total. The third kappa shape index (κ3) is 4.53. The molecule has 0 bridgehead atoms. The molecule has 30 heavy (non-hydrogen) atoms. The minimum Gasteiger partial charge on any atom is -0.504 e. The van der Waals surface area contributed by atoms with Crippen molar-refractivity contribution in [1.29, 1.82) is 0 Å². The number of nitrogens with zero attached hydrogens (tertiary/aromatic N) is 2. The molecule has 0 amide bonds. The normalized spacial score (nSPS) is 17.9. The summed E-state index contributed by atoms with van der Waals surface area (Å²) in [7, 11) is -8.40. The Morgan fingerprint density at radius 3 is 2.50 bits per heavy atom. The van der Waals surface area contributed by atoms with Gasteiger partial charge in [-0.15, -0.1) is 4.40 Å². The Hall–Kier alpha value is -3.16. The zero-order valence-electron chi connectivity index (χ0n) is 15.8. The molecule has 0 saturated heterocycles. The first-order valence-corrected chi connectivity index (χ1v) is 11.7. The standard InChI is InChI=1S/C17H20N6O5S2/c1-2-12(10-6-4-3-5-7-10)20-16-17(23-30(27,28)22-16)21-13-9-8-11(18)15(14(13)24)29(19,25)26/h3-9,12,24H,2,18H2,1H3,(H,20,22)(H,21,23)(H2,19,25,26)/t12-/m1/s1. The number of benzene rings is 2. The maximum atomic E-state index is 12.0. The molecule has 1 atom stereocenters. The van der Waals surface area contributed by atoms with Gasteiger partial charge in [0.25, 0.3) is 0 Å². The maximum absolute atomic E-state index is 12.0. The Morgan fingerprint density at radius 1 is 1.23 bits per heavy atom. The van der Waals surface area contributed by atoms with Crippen molar-refractivity contribution in [3.63, 3.8) is 0 Å². The van der Waals surface area contributed by atoms with Gasteiger partial charge in [-0.1, -0.05) is 37.3 Å². The van der Waals surface area contributed by atoms with E-state index in [9.17, 15) is 21.9 Å². The van der Waals surface area contributed by atoms with E-state index < -0.39 is 30.9 Å². The largest absolute Gasteiger partial charge is 0.504 e. The fourth-order valence-electron chi connectivity index (χ4n) is 2.87. The van der Waals surface area contributed by atoms with Crippen LogP contribution in [0.25, 0.3) is 0 Å². The second-order valence-corrected chi connectivity index (χ2v) is 9.21. The minimum absolute atomic E-state index is 0.0842. The number of nitrogens with two attached hydrogens (primary N) is 2. The molecule has 2 aromatic carbocycles. The van der Waals surface area contributed by atoms with Crippen LogP contribution in [-0.4, -0.2) is 33.6 Å². The van der Waals surface area contributed by atoms with E-state index in [4.69, 9.17) is 10.9 Å². The molecule has 160 valence electrons. The van der Waals surface area contributed by atoms with Crippen molar-refractivity contribution in [1.82, 2.24) is 4.72 Å². The number of hydrogen-bond donors (Lipinski definition) is 5. The molecule has 0 radical (unpaired) electrons. The lowest BCUT2D eigenvalue weighted by Crippen LogP contribution is -2.31. The van der Waals surface area contributed by atoms with Crippen LogP contribution in [0.5, 0.6) is 5.75 Å². The van der Waals surface area contributed by atoms with Crippen LogP contribution < -0.4 is 20.9 Å². The summed E-state index contributed by atoms with van der Waals surface area (Å²) in [4.78, 5) is 3.76. The molecule has 13 heteroatoms. The number of sulfonamides is 1. The van der Waals surface area contributed by atoms with Crippen LogP contribution in [0.3, 0.4) is 0 Å². The van der Waals surface area contributed by atoms with Gasteiger partial charge in [0.15, 0.2) is 17.4 Å². The first-order valence-electron chi connectivity index (χ1n) is 8.69. The van der Waals surface area contributed by atoms with Crippen LogP contribution in [0.1, 0.15) is 24.9 Å². The zero-order valence-corrected chi connectivity index (χ0v) is 17.4. The molecule has 0 aromatic heterocycles. The molecule has 7 N–H and O–H groups in total. The molecule has 0 saturated carbocycles. The third-order valence-electron chi connectivity index (χ3n) is 4.22. The van der Waals surface area contributed by atoms with Crippen molar-refractivity contribution < 1.29 is 21.9 Å². The number of amidine groups is 2. The minimum atomic E-state index is -4.33. The average molecular weight is 453 g/mol. The molecule has 2 aromatic rings. The number of rotatable bonds is 5. The number of nitrogens with one attached hydrogen (secondary N) is 2. The van der Waals surface area contributed by atoms with Gasteiger partial charge in [0.2, 0.25) is 10.0 Å². The topological polar surface area (TPSA) is 189 Å². The van der Waals surface area contributed by atoms with Crippen LogP contribution in [0.2, 0.25) is 0 Å². The van der Waals surface area contributed by atoms with Gasteiger partial charge >= 0.3 is 10.2 Å². The highest BCUT2D eigenvalue weighted by molar-refractivity contribution is 7.90. The second kappa shape index (κ2) is 7.93. The van der Waals surface area contributed by atoms with E-state index in [2.05, 4.69) is 19.4 Å². The Kier molecular flexibility index (Phi) is 5.70. The number of nitrogen functional groups attached to an aromatic ring is 1. The van der Waals surface area contributed by atoms with E-state index in [0.717, 1.165) is 5.56 Å². The number of aromatic hydroxyl groups is 1. The summed E-state index contributed by atoms with van der Waals surface area (Å²) in [5.74, 6) is -1.07. The van der Waals surface area contributed by atoms with Crippen molar-refractivity contribution in [2.75, 3.05) is 11.1 Å². The second-order valence-electron chi connectivity index (χ2n) is 6.38. The Balaban J connectivity index is 2.02. The van der Waals surface area contributed by atoms with Crippen molar-refractivity contribution in [3.05, 3.63) is 48.0 Å². The van der Waals surface area contributed by atoms with E-state index in [1.165, 1.54) is 12.1 Å². The highest BCUT2D eigenvalue weighted by Crippen LogP contribution is 2.35. The summed E-state index contributed by atoms with van der Waals surface area (Å²) >= 11 is 0. The summed E-state index contributed by atoms with van der Waals surface area (Å²) in [5.41, 5.74) is 6.04. The summed E-state index contributed by atoms with van der Waals surface area (Å²) in [6.07, 6.45) is 0.575. The van der Waals surface area contributed by atoms with E-state index in [1.807, 2.05) is 37.3 Å². The first kappa shape index (κ1) is 21.5. The Bertz CT molecular complexity index is 1240. The number of anilines is 2. The monoisotopic (exact) mass is 452 g/mol. The van der Waals surface area contributed by atoms with Crippen molar-refractivity contribution in [2.24, 2.45) is 14.5 Å². The van der Waals surface area contributed by atoms with Gasteiger partial charge in [0.05, 0.1) is 17.4 Å². The quantitative estimate of drug-likeness (QED) is 0.328. The highest BCUT2D eigenvalue weighted by Gasteiger charge is 2.29. The molecule has 3 rings (SSSR count). The van der Waals surface area contributed by atoms with Gasteiger partial charge in [-0.25, -0.2) is 18.3 Å². The van der Waals surface area contributed by atoms with Crippen LogP contribution in [0.4, 0.5) is 11.4 Å². The molecule has 0 aliphatic carbocycles. The lowest BCUT2D eigenvalue weighted by atomic mass is 10.1. The summed E-state index contributed by atoms with van der Waals surface area (Å²) in [5, 5.41) is 18.0. The van der Waals surface area contributed by atoms with Gasteiger partial charge in [-0.05, 0) is 24.1 Å². The lowest BCUT2D eigenvalue weighted by Gasteiger charge is -2.14. The lowest BCUT2D eigenvalue weighted by molar-refractivity contribution is 0.462. The van der Waals surface area contributed by atoms with E-state index >= 15 is 0 Å². The van der Waals surface area contributed by atoms with E-state index in [-0.39, 0.29) is 29.1 Å². The molecule has 0 fully saturated rings. The van der Waals surface area contributed by atoms with Gasteiger partial charge in [-0.3, -0.25) is 4.99 Å². The highest BCUT2D eigenvalue weighted by atomic mass is 32.2. The molecule has 1 aliphatic heterocycles. The zero-order chi connectivity index (χ0) is 22.1. The fraction of sp³-hybridized carbons (Fsp3) is 0.176. The Morgan fingerprint density at radius 2 is 1.90 bits per heavy atom. The van der Waals surface area contributed by atoms with E-state index in [0.29, 0.717) is 6.42 Å². The number of phenols is 1. The summed E-state index contributed by atoms with van der Waals surface area (Å²) in [6.45, 7) is 1.89. The summed E-state index contributed by atoms with van der Waals surface area (Å²) in [6, 6.07) is 11.3. The van der Waals surface area contributed by atoms with Gasteiger partial charge in [0, 0.05) is 0 Å². The number of primary sulfonamides is 1. The van der Waals surface area contributed by atoms with Gasteiger partial charge < -0.3 is 16.2 Å². The molecule has 0 spiro atoms. The third-order valence-corrected chi connectivity index (χ3v) is 6.09.